The Bertz CT molecular complexity index is 587. The molecule has 0 fully saturated rings. The SMILES string of the molecule is CCOC(=O)CS(=O)(=O)Nc1cc(Cl)c(N)cc1C. The van der Waals surface area contributed by atoms with Gasteiger partial charge in [-0.05, 0) is 31.5 Å². The minimum atomic E-state index is -3.83. The summed E-state index contributed by atoms with van der Waals surface area (Å²) in [5.74, 6) is -1.56. The predicted octanol–water partition coefficient (Wildman–Crippen LogP) is 1.54. The summed E-state index contributed by atoms with van der Waals surface area (Å²) in [7, 11) is -3.83. The summed E-state index contributed by atoms with van der Waals surface area (Å²) in [6, 6.07) is 2.94. The van der Waals surface area contributed by atoms with Gasteiger partial charge in [0.1, 0.15) is 0 Å². The standard InChI is InChI=1S/C11H15ClN2O4S/c1-3-18-11(15)6-19(16,17)14-10-5-8(12)9(13)4-7(10)2/h4-5,14H,3,6,13H2,1-2H3. The third-order valence-corrected chi connectivity index (χ3v) is 3.70. The Morgan fingerprint density at radius 2 is 2.11 bits per heavy atom. The van der Waals surface area contributed by atoms with Crippen LogP contribution >= 0.6 is 11.6 Å². The predicted molar refractivity (Wildman–Crippen MR) is 74.6 cm³/mol. The average Bonchev–Trinajstić information content (AvgIpc) is 2.24. The molecule has 0 atom stereocenters. The molecule has 8 heteroatoms. The van der Waals surface area contributed by atoms with Crippen LogP contribution in [0, 0.1) is 6.92 Å². The van der Waals surface area contributed by atoms with Gasteiger partial charge in [0.25, 0.3) is 0 Å². The highest BCUT2D eigenvalue weighted by molar-refractivity contribution is 7.93. The zero-order chi connectivity index (χ0) is 14.6. The van der Waals surface area contributed by atoms with E-state index in [9.17, 15) is 13.2 Å². The Labute approximate surface area is 116 Å². The van der Waals surface area contributed by atoms with Crippen LogP contribution in [0.3, 0.4) is 0 Å². The molecule has 0 aromatic heterocycles. The molecule has 0 aliphatic rings. The van der Waals surface area contributed by atoms with Crippen LogP contribution in [-0.4, -0.2) is 26.7 Å². The van der Waals surface area contributed by atoms with Crippen LogP contribution in [0.2, 0.25) is 5.02 Å². The van der Waals surface area contributed by atoms with Gasteiger partial charge in [0, 0.05) is 0 Å². The maximum Gasteiger partial charge on any atom is 0.323 e. The number of benzene rings is 1. The molecule has 0 radical (unpaired) electrons. The second-order valence-corrected chi connectivity index (χ2v) is 5.98. The first-order chi connectivity index (χ1) is 8.75. The number of aryl methyl sites for hydroxylation is 1. The summed E-state index contributed by atoms with van der Waals surface area (Å²) in [5.41, 5.74) is 6.83. The molecule has 1 rings (SSSR count). The van der Waals surface area contributed by atoms with Crippen LogP contribution < -0.4 is 10.5 Å². The van der Waals surface area contributed by atoms with Crippen molar-refractivity contribution in [3.8, 4) is 0 Å². The highest BCUT2D eigenvalue weighted by atomic mass is 35.5. The van der Waals surface area contributed by atoms with Crippen molar-refractivity contribution in [1.29, 1.82) is 0 Å². The van der Waals surface area contributed by atoms with Gasteiger partial charge in [0.15, 0.2) is 5.75 Å². The summed E-state index contributed by atoms with van der Waals surface area (Å²) in [6.07, 6.45) is 0. The molecule has 1 aromatic rings. The molecule has 6 nitrogen and oxygen atoms in total. The normalized spacial score (nSPS) is 11.1. The molecule has 0 saturated carbocycles. The first-order valence-electron chi connectivity index (χ1n) is 5.47. The zero-order valence-electron chi connectivity index (χ0n) is 10.6. The Morgan fingerprint density at radius 3 is 2.68 bits per heavy atom. The zero-order valence-corrected chi connectivity index (χ0v) is 12.1. The van der Waals surface area contributed by atoms with Gasteiger partial charge in [-0.2, -0.15) is 0 Å². The summed E-state index contributed by atoms with van der Waals surface area (Å²) in [5, 5.41) is 0.236. The third kappa shape index (κ3) is 4.60. The monoisotopic (exact) mass is 306 g/mol. The molecule has 0 aliphatic heterocycles. The van der Waals surface area contributed by atoms with Gasteiger partial charge in [-0.3, -0.25) is 9.52 Å². The largest absolute Gasteiger partial charge is 0.465 e. The number of hydrogen-bond donors (Lipinski definition) is 2. The van der Waals surface area contributed by atoms with Crippen molar-refractivity contribution in [1.82, 2.24) is 0 Å². The minimum absolute atomic E-state index is 0.126. The van der Waals surface area contributed by atoms with E-state index in [1.165, 1.54) is 6.07 Å². The molecule has 0 bridgehead atoms. The quantitative estimate of drug-likeness (QED) is 0.635. The van der Waals surface area contributed by atoms with Gasteiger partial charge in [-0.15, -0.1) is 0 Å². The maximum absolute atomic E-state index is 11.7. The fraction of sp³-hybridized carbons (Fsp3) is 0.364. The Kier molecular flexibility index (Phi) is 5.02. The Hall–Kier alpha value is -1.47. The lowest BCUT2D eigenvalue weighted by Gasteiger charge is -2.11. The fourth-order valence-corrected chi connectivity index (χ4v) is 2.56. The van der Waals surface area contributed by atoms with Crippen LogP contribution in [0.15, 0.2) is 12.1 Å². The number of rotatable bonds is 5. The number of nitrogen functional groups attached to an aromatic ring is 1. The second-order valence-electron chi connectivity index (χ2n) is 3.85. The number of sulfonamides is 1. The van der Waals surface area contributed by atoms with Gasteiger partial charge in [0.05, 0.1) is 23.0 Å². The molecule has 0 aliphatic carbocycles. The number of carbonyl (C=O) groups is 1. The smallest absolute Gasteiger partial charge is 0.323 e. The van der Waals surface area contributed by atoms with E-state index in [-0.39, 0.29) is 17.3 Å². The molecule has 0 spiro atoms. The number of anilines is 2. The van der Waals surface area contributed by atoms with E-state index in [0.29, 0.717) is 11.3 Å². The van der Waals surface area contributed by atoms with E-state index in [0.717, 1.165) is 0 Å². The number of nitrogens with one attached hydrogen (secondary N) is 1. The topological polar surface area (TPSA) is 98.5 Å². The number of carbonyl (C=O) groups excluding carboxylic acids is 1. The molecule has 1 aromatic carbocycles. The molecule has 0 heterocycles. The van der Waals surface area contributed by atoms with Crippen molar-refractivity contribution in [3.05, 3.63) is 22.7 Å². The number of ether oxygens (including phenoxy) is 1. The lowest BCUT2D eigenvalue weighted by atomic mass is 10.2. The van der Waals surface area contributed by atoms with Gasteiger partial charge in [-0.25, -0.2) is 8.42 Å². The van der Waals surface area contributed by atoms with E-state index >= 15 is 0 Å². The van der Waals surface area contributed by atoms with E-state index in [2.05, 4.69) is 9.46 Å². The number of hydrogen-bond acceptors (Lipinski definition) is 5. The third-order valence-electron chi connectivity index (χ3n) is 2.22. The van der Waals surface area contributed by atoms with E-state index in [4.69, 9.17) is 17.3 Å². The van der Waals surface area contributed by atoms with Crippen LogP contribution in [0.4, 0.5) is 11.4 Å². The second kappa shape index (κ2) is 6.12. The van der Waals surface area contributed by atoms with Gasteiger partial charge >= 0.3 is 5.97 Å². The van der Waals surface area contributed by atoms with Crippen LogP contribution in [0.25, 0.3) is 0 Å². The lowest BCUT2D eigenvalue weighted by molar-refractivity contribution is -0.139. The van der Waals surface area contributed by atoms with Crippen molar-refractivity contribution in [2.45, 2.75) is 13.8 Å². The molecule has 0 saturated heterocycles. The van der Waals surface area contributed by atoms with Crippen LogP contribution in [-0.2, 0) is 19.6 Å². The highest BCUT2D eigenvalue weighted by Gasteiger charge is 2.18. The summed E-state index contributed by atoms with van der Waals surface area (Å²) >= 11 is 5.82. The van der Waals surface area contributed by atoms with Crippen LogP contribution in [0.5, 0.6) is 0 Å². The first kappa shape index (κ1) is 15.6. The highest BCUT2D eigenvalue weighted by Crippen LogP contribution is 2.27. The molecular formula is C11H15ClN2O4S. The first-order valence-corrected chi connectivity index (χ1v) is 7.50. The molecule has 0 amide bonds. The van der Waals surface area contributed by atoms with Crippen LogP contribution in [0.1, 0.15) is 12.5 Å². The summed E-state index contributed by atoms with van der Waals surface area (Å²) in [4.78, 5) is 11.2. The Balaban J connectivity index is 2.90. The molecular weight excluding hydrogens is 292 g/mol. The summed E-state index contributed by atoms with van der Waals surface area (Å²) in [6.45, 7) is 3.40. The van der Waals surface area contributed by atoms with E-state index < -0.39 is 21.7 Å². The number of halogens is 1. The lowest BCUT2D eigenvalue weighted by Crippen LogP contribution is -2.24. The molecule has 0 unspecified atom stereocenters. The van der Waals surface area contributed by atoms with E-state index in [1.54, 1.807) is 19.9 Å². The Morgan fingerprint density at radius 1 is 1.47 bits per heavy atom. The number of esters is 1. The van der Waals surface area contributed by atoms with Gasteiger partial charge < -0.3 is 10.5 Å². The fourth-order valence-electron chi connectivity index (χ4n) is 1.38. The molecule has 19 heavy (non-hydrogen) atoms. The van der Waals surface area contributed by atoms with Crippen molar-refractivity contribution in [3.63, 3.8) is 0 Å². The van der Waals surface area contributed by atoms with Gasteiger partial charge in [-0.1, -0.05) is 11.6 Å². The minimum Gasteiger partial charge on any atom is -0.465 e. The van der Waals surface area contributed by atoms with Crippen molar-refractivity contribution in [2.75, 3.05) is 22.8 Å². The van der Waals surface area contributed by atoms with Crippen molar-refractivity contribution >= 4 is 39.0 Å². The van der Waals surface area contributed by atoms with Gasteiger partial charge in [0.2, 0.25) is 10.0 Å². The van der Waals surface area contributed by atoms with E-state index in [1.807, 2.05) is 0 Å². The number of nitrogens with two attached hydrogens (primary N) is 1. The molecule has 3 N–H and O–H groups in total. The van der Waals surface area contributed by atoms with Crippen molar-refractivity contribution < 1.29 is 17.9 Å². The van der Waals surface area contributed by atoms with Crippen molar-refractivity contribution in [2.24, 2.45) is 0 Å². The average molecular weight is 307 g/mol. The molecule has 106 valence electrons. The maximum atomic E-state index is 11.7. The summed E-state index contributed by atoms with van der Waals surface area (Å²) < 4.78 is 30.4.